The quantitative estimate of drug-likeness (QED) is 0.597. The number of nitrogens with zero attached hydrogens (tertiary/aromatic N) is 2. The standard InChI is InChI=1S/C15H16N2O3/c1-19-15(18)8-7-13-11-16-17(12-13)9-10-20-14-5-3-2-4-6-14/h2-8,11-12H,9-10H2,1H3. The average molecular weight is 272 g/mol. The molecule has 0 saturated heterocycles. The molecule has 5 nitrogen and oxygen atoms in total. The molecular weight excluding hydrogens is 256 g/mol. The van der Waals surface area contributed by atoms with Crippen molar-refractivity contribution in [1.82, 2.24) is 9.78 Å². The molecule has 5 heteroatoms. The minimum Gasteiger partial charge on any atom is -0.492 e. The predicted octanol–water partition coefficient (Wildman–Crippen LogP) is 2.15. The number of aromatic nitrogens is 2. The summed E-state index contributed by atoms with van der Waals surface area (Å²) in [6.45, 7) is 1.17. The highest BCUT2D eigenvalue weighted by Gasteiger charge is 1.98. The first-order chi connectivity index (χ1) is 9.78. The Morgan fingerprint density at radius 3 is 2.90 bits per heavy atom. The molecule has 0 bridgehead atoms. The van der Waals surface area contributed by atoms with Crippen molar-refractivity contribution in [2.75, 3.05) is 13.7 Å². The Kier molecular flexibility index (Phi) is 4.94. The molecule has 1 aromatic carbocycles. The minimum atomic E-state index is -0.384. The first-order valence-electron chi connectivity index (χ1n) is 6.24. The zero-order valence-electron chi connectivity index (χ0n) is 11.2. The molecule has 0 radical (unpaired) electrons. The first-order valence-corrected chi connectivity index (χ1v) is 6.24. The fourth-order valence-electron chi connectivity index (χ4n) is 1.59. The van der Waals surface area contributed by atoms with Gasteiger partial charge >= 0.3 is 5.97 Å². The Labute approximate surface area is 117 Å². The molecule has 0 aliphatic carbocycles. The van der Waals surface area contributed by atoms with E-state index in [1.54, 1.807) is 17.0 Å². The molecule has 104 valence electrons. The van der Waals surface area contributed by atoms with Gasteiger partial charge in [0.1, 0.15) is 12.4 Å². The first kappa shape index (κ1) is 13.9. The van der Waals surface area contributed by atoms with Crippen LogP contribution < -0.4 is 4.74 Å². The molecule has 2 rings (SSSR count). The molecular formula is C15H16N2O3. The Balaban J connectivity index is 1.81. The van der Waals surface area contributed by atoms with Crippen LogP contribution in [0.25, 0.3) is 6.08 Å². The summed E-state index contributed by atoms with van der Waals surface area (Å²) in [5.74, 6) is 0.454. The van der Waals surface area contributed by atoms with E-state index in [0.717, 1.165) is 11.3 Å². The van der Waals surface area contributed by atoms with Crippen molar-refractivity contribution in [3.05, 3.63) is 54.4 Å². The van der Waals surface area contributed by atoms with Crippen LogP contribution in [0.5, 0.6) is 5.75 Å². The van der Waals surface area contributed by atoms with Gasteiger partial charge in [-0.15, -0.1) is 0 Å². The lowest BCUT2D eigenvalue weighted by Gasteiger charge is -2.05. The third-order valence-corrected chi connectivity index (χ3v) is 2.60. The maximum absolute atomic E-state index is 11.0. The molecule has 2 aromatic rings. The molecule has 0 aliphatic rings. The highest BCUT2D eigenvalue weighted by Crippen LogP contribution is 2.08. The number of esters is 1. The second kappa shape index (κ2) is 7.13. The lowest BCUT2D eigenvalue weighted by Crippen LogP contribution is -2.08. The molecule has 0 aliphatic heterocycles. The molecule has 1 aromatic heterocycles. The molecule has 0 atom stereocenters. The zero-order valence-corrected chi connectivity index (χ0v) is 11.2. The SMILES string of the molecule is COC(=O)C=Cc1cnn(CCOc2ccccc2)c1. The summed E-state index contributed by atoms with van der Waals surface area (Å²) in [7, 11) is 1.34. The van der Waals surface area contributed by atoms with E-state index >= 15 is 0 Å². The van der Waals surface area contributed by atoms with Crippen LogP contribution in [0.2, 0.25) is 0 Å². The Hall–Kier alpha value is -2.56. The van der Waals surface area contributed by atoms with E-state index in [4.69, 9.17) is 4.74 Å². The van der Waals surface area contributed by atoms with Crippen molar-refractivity contribution >= 4 is 12.0 Å². The third-order valence-electron chi connectivity index (χ3n) is 2.60. The monoisotopic (exact) mass is 272 g/mol. The molecule has 20 heavy (non-hydrogen) atoms. The number of methoxy groups -OCH3 is 1. The summed E-state index contributed by atoms with van der Waals surface area (Å²) in [6.07, 6.45) is 6.55. The molecule has 0 spiro atoms. The zero-order chi connectivity index (χ0) is 14.2. The van der Waals surface area contributed by atoms with Crippen LogP contribution in [0.3, 0.4) is 0 Å². The largest absolute Gasteiger partial charge is 0.492 e. The van der Waals surface area contributed by atoms with Crippen LogP contribution in [0.15, 0.2) is 48.8 Å². The van der Waals surface area contributed by atoms with Gasteiger partial charge in [0.2, 0.25) is 0 Å². The fraction of sp³-hybridized carbons (Fsp3) is 0.200. The van der Waals surface area contributed by atoms with Crippen molar-refractivity contribution in [3.63, 3.8) is 0 Å². The van der Waals surface area contributed by atoms with Crippen LogP contribution in [0.1, 0.15) is 5.56 Å². The van der Waals surface area contributed by atoms with Gasteiger partial charge in [0.15, 0.2) is 0 Å². The third kappa shape index (κ3) is 4.28. The maximum Gasteiger partial charge on any atom is 0.330 e. The van der Waals surface area contributed by atoms with E-state index in [0.29, 0.717) is 13.2 Å². The van der Waals surface area contributed by atoms with Gasteiger partial charge in [0.25, 0.3) is 0 Å². The van der Waals surface area contributed by atoms with Crippen LogP contribution in [-0.2, 0) is 16.1 Å². The van der Waals surface area contributed by atoms with Crippen molar-refractivity contribution < 1.29 is 14.3 Å². The van der Waals surface area contributed by atoms with Crippen LogP contribution in [0, 0.1) is 0 Å². The lowest BCUT2D eigenvalue weighted by atomic mass is 10.3. The number of rotatable bonds is 6. The number of hydrogen-bond acceptors (Lipinski definition) is 4. The fourth-order valence-corrected chi connectivity index (χ4v) is 1.59. The van der Waals surface area contributed by atoms with Gasteiger partial charge in [0.05, 0.1) is 19.9 Å². The van der Waals surface area contributed by atoms with Gasteiger partial charge in [0, 0.05) is 17.8 Å². The predicted molar refractivity (Wildman–Crippen MR) is 75.2 cm³/mol. The summed E-state index contributed by atoms with van der Waals surface area (Å²) in [4.78, 5) is 11.0. The van der Waals surface area contributed by atoms with E-state index in [1.807, 2.05) is 36.5 Å². The van der Waals surface area contributed by atoms with Crippen molar-refractivity contribution in [2.24, 2.45) is 0 Å². The number of carbonyl (C=O) groups excluding carboxylic acids is 1. The topological polar surface area (TPSA) is 53.3 Å². The average Bonchev–Trinajstić information content (AvgIpc) is 2.94. The van der Waals surface area contributed by atoms with E-state index in [-0.39, 0.29) is 5.97 Å². The van der Waals surface area contributed by atoms with Gasteiger partial charge in [-0.05, 0) is 18.2 Å². The minimum absolute atomic E-state index is 0.384. The van der Waals surface area contributed by atoms with Crippen molar-refractivity contribution in [3.8, 4) is 5.75 Å². The summed E-state index contributed by atoms with van der Waals surface area (Å²) >= 11 is 0. The summed E-state index contributed by atoms with van der Waals surface area (Å²) in [5, 5.41) is 4.18. The normalized spacial score (nSPS) is 10.7. The summed E-state index contributed by atoms with van der Waals surface area (Å²) < 4.78 is 11.9. The van der Waals surface area contributed by atoms with Crippen LogP contribution >= 0.6 is 0 Å². The van der Waals surface area contributed by atoms with Crippen LogP contribution in [0.4, 0.5) is 0 Å². The van der Waals surface area contributed by atoms with Gasteiger partial charge in [-0.3, -0.25) is 4.68 Å². The smallest absolute Gasteiger partial charge is 0.330 e. The van der Waals surface area contributed by atoms with E-state index < -0.39 is 0 Å². The van der Waals surface area contributed by atoms with Crippen LogP contribution in [-0.4, -0.2) is 29.5 Å². The number of benzene rings is 1. The van der Waals surface area contributed by atoms with Crippen molar-refractivity contribution in [1.29, 1.82) is 0 Å². The number of para-hydroxylation sites is 1. The van der Waals surface area contributed by atoms with E-state index in [2.05, 4.69) is 9.84 Å². The summed E-state index contributed by atoms with van der Waals surface area (Å²) in [6, 6.07) is 9.62. The summed E-state index contributed by atoms with van der Waals surface area (Å²) in [5.41, 5.74) is 0.843. The second-order valence-corrected chi connectivity index (χ2v) is 4.05. The number of hydrogen-bond donors (Lipinski definition) is 0. The molecule has 0 fully saturated rings. The van der Waals surface area contributed by atoms with E-state index in [9.17, 15) is 4.79 Å². The Morgan fingerprint density at radius 1 is 1.35 bits per heavy atom. The molecule has 1 heterocycles. The maximum atomic E-state index is 11.0. The lowest BCUT2D eigenvalue weighted by molar-refractivity contribution is -0.134. The molecule has 0 saturated carbocycles. The van der Waals surface area contributed by atoms with Gasteiger partial charge in [-0.25, -0.2) is 4.79 Å². The second-order valence-electron chi connectivity index (χ2n) is 4.05. The number of ether oxygens (including phenoxy) is 2. The van der Waals surface area contributed by atoms with E-state index in [1.165, 1.54) is 13.2 Å². The molecule has 0 N–H and O–H groups in total. The highest BCUT2D eigenvalue weighted by molar-refractivity contribution is 5.86. The number of carbonyl (C=O) groups is 1. The van der Waals surface area contributed by atoms with Gasteiger partial charge in [-0.1, -0.05) is 18.2 Å². The molecule has 0 unspecified atom stereocenters. The Morgan fingerprint density at radius 2 is 2.15 bits per heavy atom. The van der Waals surface area contributed by atoms with Gasteiger partial charge < -0.3 is 9.47 Å². The van der Waals surface area contributed by atoms with Crippen molar-refractivity contribution in [2.45, 2.75) is 6.54 Å². The highest BCUT2D eigenvalue weighted by atomic mass is 16.5. The van der Waals surface area contributed by atoms with Gasteiger partial charge in [-0.2, -0.15) is 5.10 Å². The Bertz CT molecular complexity index is 576. The molecule has 0 amide bonds.